The van der Waals surface area contributed by atoms with Crippen LogP contribution in [0.15, 0.2) is 30.5 Å². The number of ether oxygens (including phenoxy) is 1. The summed E-state index contributed by atoms with van der Waals surface area (Å²) in [7, 11) is 0. The number of nitrogens with one attached hydrogen (secondary N) is 2. The zero-order chi connectivity index (χ0) is 16.7. The molecule has 1 aromatic carbocycles. The first-order chi connectivity index (χ1) is 11.0. The van der Waals surface area contributed by atoms with Crippen molar-refractivity contribution in [2.24, 2.45) is 0 Å². The number of halogens is 2. The van der Waals surface area contributed by atoms with Crippen LogP contribution in [0.25, 0.3) is 0 Å². The van der Waals surface area contributed by atoms with Crippen LogP contribution >= 0.6 is 0 Å². The molecule has 0 fully saturated rings. The van der Waals surface area contributed by atoms with Crippen molar-refractivity contribution in [2.45, 2.75) is 13.5 Å². The van der Waals surface area contributed by atoms with Gasteiger partial charge in [0, 0.05) is 12.3 Å². The highest BCUT2D eigenvalue weighted by Crippen LogP contribution is 2.14. The highest BCUT2D eigenvalue weighted by Gasteiger charge is 2.04. The van der Waals surface area contributed by atoms with Crippen molar-refractivity contribution in [1.29, 1.82) is 0 Å². The van der Waals surface area contributed by atoms with E-state index in [1.54, 1.807) is 19.2 Å². The fraction of sp³-hybridized carbons (Fsp3) is 0.267. The van der Waals surface area contributed by atoms with Crippen LogP contribution in [0.3, 0.4) is 0 Å². The SMILES string of the molecule is Cc1nccc(CNC(=O)NCCOc2ccc(F)c(F)c2)n1. The van der Waals surface area contributed by atoms with Crippen LogP contribution in [0.2, 0.25) is 0 Å². The number of carbonyl (C=O) groups is 1. The lowest BCUT2D eigenvalue weighted by Gasteiger charge is -2.09. The largest absolute Gasteiger partial charge is 0.492 e. The third-order valence-corrected chi connectivity index (χ3v) is 2.81. The number of aryl methyl sites for hydroxylation is 1. The maximum atomic E-state index is 13.0. The normalized spacial score (nSPS) is 10.2. The number of benzene rings is 1. The summed E-state index contributed by atoms with van der Waals surface area (Å²) >= 11 is 0. The van der Waals surface area contributed by atoms with E-state index in [9.17, 15) is 13.6 Å². The third-order valence-electron chi connectivity index (χ3n) is 2.81. The van der Waals surface area contributed by atoms with Gasteiger partial charge in [0.2, 0.25) is 0 Å². The number of rotatable bonds is 6. The Balaban J connectivity index is 1.65. The van der Waals surface area contributed by atoms with E-state index in [1.807, 2.05) is 0 Å². The monoisotopic (exact) mass is 322 g/mol. The summed E-state index contributed by atoms with van der Waals surface area (Å²) in [6.45, 7) is 2.39. The van der Waals surface area contributed by atoms with Crippen molar-refractivity contribution in [3.05, 3.63) is 53.6 Å². The second kappa shape index (κ2) is 8.02. The molecule has 1 heterocycles. The van der Waals surface area contributed by atoms with Gasteiger partial charge in [-0.25, -0.2) is 23.5 Å². The summed E-state index contributed by atoms with van der Waals surface area (Å²) in [5.74, 6) is -1.09. The van der Waals surface area contributed by atoms with Gasteiger partial charge in [-0.1, -0.05) is 0 Å². The topological polar surface area (TPSA) is 76.1 Å². The van der Waals surface area contributed by atoms with Crippen molar-refractivity contribution in [1.82, 2.24) is 20.6 Å². The van der Waals surface area contributed by atoms with Crippen LogP contribution < -0.4 is 15.4 Å². The minimum absolute atomic E-state index is 0.130. The van der Waals surface area contributed by atoms with E-state index in [0.29, 0.717) is 11.5 Å². The second-order valence-corrected chi connectivity index (χ2v) is 4.63. The van der Waals surface area contributed by atoms with Crippen molar-refractivity contribution < 1.29 is 18.3 Å². The fourth-order valence-corrected chi connectivity index (χ4v) is 1.74. The lowest BCUT2D eigenvalue weighted by Crippen LogP contribution is -2.37. The Hall–Kier alpha value is -2.77. The van der Waals surface area contributed by atoms with Gasteiger partial charge in [-0.15, -0.1) is 0 Å². The van der Waals surface area contributed by atoms with E-state index >= 15 is 0 Å². The quantitative estimate of drug-likeness (QED) is 0.797. The Kier molecular flexibility index (Phi) is 5.79. The maximum Gasteiger partial charge on any atom is 0.315 e. The molecule has 2 aromatic rings. The Morgan fingerprint density at radius 3 is 2.78 bits per heavy atom. The zero-order valence-corrected chi connectivity index (χ0v) is 12.5. The molecule has 23 heavy (non-hydrogen) atoms. The number of urea groups is 1. The summed E-state index contributed by atoms with van der Waals surface area (Å²) in [6, 6.07) is 4.58. The predicted molar refractivity (Wildman–Crippen MR) is 78.9 cm³/mol. The van der Waals surface area contributed by atoms with E-state index in [2.05, 4.69) is 20.6 Å². The van der Waals surface area contributed by atoms with Crippen LogP contribution in [-0.2, 0) is 6.54 Å². The molecule has 8 heteroatoms. The first-order valence-electron chi connectivity index (χ1n) is 6.92. The standard InChI is InChI=1S/C15H16F2N4O2/c1-10-18-5-4-11(21-10)9-20-15(22)19-6-7-23-12-2-3-13(16)14(17)8-12/h2-5,8H,6-7,9H2,1H3,(H2,19,20,22). The molecule has 1 aromatic heterocycles. The minimum atomic E-state index is -0.978. The third kappa shape index (κ3) is 5.50. The predicted octanol–water partition coefficient (Wildman–Crippen LogP) is 1.94. The highest BCUT2D eigenvalue weighted by molar-refractivity contribution is 5.73. The smallest absolute Gasteiger partial charge is 0.315 e. The average Bonchev–Trinajstić information content (AvgIpc) is 2.53. The van der Waals surface area contributed by atoms with Crippen LogP contribution in [-0.4, -0.2) is 29.2 Å². The van der Waals surface area contributed by atoms with Crippen LogP contribution in [0.1, 0.15) is 11.5 Å². The van der Waals surface area contributed by atoms with Gasteiger partial charge in [-0.2, -0.15) is 0 Å². The molecule has 0 spiro atoms. The number of aromatic nitrogens is 2. The van der Waals surface area contributed by atoms with Gasteiger partial charge < -0.3 is 15.4 Å². The van der Waals surface area contributed by atoms with Gasteiger partial charge in [0.25, 0.3) is 0 Å². The molecular formula is C15H16F2N4O2. The zero-order valence-electron chi connectivity index (χ0n) is 12.5. The molecule has 0 aliphatic heterocycles. The van der Waals surface area contributed by atoms with Gasteiger partial charge >= 0.3 is 6.03 Å². The Morgan fingerprint density at radius 2 is 2.04 bits per heavy atom. The molecule has 6 nitrogen and oxygen atoms in total. The van der Waals surface area contributed by atoms with Crippen LogP contribution in [0.5, 0.6) is 5.75 Å². The molecule has 0 bridgehead atoms. The summed E-state index contributed by atoms with van der Waals surface area (Å²) in [6.07, 6.45) is 1.62. The molecule has 2 amide bonds. The molecule has 2 rings (SSSR count). The number of hydrogen-bond acceptors (Lipinski definition) is 4. The molecule has 122 valence electrons. The summed E-state index contributed by atoms with van der Waals surface area (Å²) in [5, 5.41) is 5.21. The second-order valence-electron chi connectivity index (χ2n) is 4.63. The van der Waals surface area contributed by atoms with E-state index in [0.717, 1.165) is 12.1 Å². The molecule has 0 aliphatic carbocycles. The Bertz CT molecular complexity index is 682. The van der Waals surface area contributed by atoms with Gasteiger partial charge in [-0.3, -0.25) is 0 Å². The summed E-state index contributed by atoms with van der Waals surface area (Å²) in [4.78, 5) is 19.7. The lowest BCUT2D eigenvalue weighted by atomic mass is 10.3. The van der Waals surface area contributed by atoms with Gasteiger partial charge in [0.15, 0.2) is 11.6 Å². The molecule has 0 radical (unpaired) electrons. The molecule has 0 saturated carbocycles. The summed E-state index contributed by atoms with van der Waals surface area (Å²) < 4.78 is 30.9. The summed E-state index contributed by atoms with van der Waals surface area (Å²) in [5.41, 5.74) is 0.700. The van der Waals surface area contributed by atoms with E-state index < -0.39 is 11.6 Å². The molecule has 0 aliphatic rings. The van der Waals surface area contributed by atoms with Gasteiger partial charge in [0.05, 0.1) is 18.8 Å². The van der Waals surface area contributed by atoms with E-state index in [-0.39, 0.29) is 31.5 Å². The fourth-order valence-electron chi connectivity index (χ4n) is 1.74. The number of amides is 2. The number of hydrogen-bond donors (Lipinski definition) is 2. The van der Waals surface area contributed by atoms with Gasteiger partial charge in [-0.05, 0) is 25.1 Å². The van der Waals surface area contributed by atoms with Crippen molar-refractivity contribution in [2.75, 3.05) is 13.2 Å². The van der Waals surface area contributed by atoms with Gasteiger partial charge in [0.1, 0.15) is 18.2 Å². The molecular weight excluding hydrogens is 306 g/mol. The van der Waals surface area contributed by atoms with E-state index in [1.165, 1.54) is 6.07 Å². The lowest BCUT2D eigenvalue weighted by molar-refractivity contribution is 0.236. The highest BCUT2D eigenvalue weighted by atomic mass is 19.2. The first-order valence-corrected chi connectivity index (χ1v) is 6.92. The number of carbonyl (C=O) groups excluding carboxylic acids is 1. The molecule has 0 unspecified atom stereocenters. The van der Waals surface area contributed by atoms with Crippen molar-refractivity contribution in [3.63, 3.8) is 0 Å². The van der Waals surface area contributed by atoms with Crippen molar-refractivity contribution in [3.8, 4) is 5.75 Å². The first kappa shape index (κ1) is 16.6. The van der Waals surface area contributed by atoms with Crippen LogP contribution in [0.4, 0.5) is 13.6 Å². The average molecular weight is 322 g/mol. The molecule has 0 saturated heterocycles. The maximum absolute atomic E-state index is 13.0. The molecule has 2 N–H and O–H groups in total. The van der Waals surface area contributed by atoms with Crippen molar-refractivity contribution >= 4 is 6.03 Å². The minimum Gasteiger partial charge on any atom is -0.492 e. The Labute approximate surface area is 131 Å². The van der Waals surface area contributed by atoms with E-state index in [4.69, 9.17) is 4.74 Å². The van der Waals surface area contributed by atoms with Crippen LogP contribution in [0, 0.1) is 18.6 Å². The molecule has 0 atom stereocenters. The Morgan fingerprint density at radius 1 is 1.22 bits per heavy atom. The number of nitrogens with zero attached hydrogens (tertiary/aromatic N) is 2.